The largest absolute Gasteiger partial charge is 0.497 e. The molecule has 1 fully saturated rings. The Hall–Kier alpha value is -1.39. The summed E-state index contributed by atoms with van der Waals surface area (Å²) < 4.78 is 19.1. The van der Waals surface area contributed by atoms with E-state index in [-0.39, 0.29) is 17.8 Å². The number of methoxy groups -OCH3 is 1. The molecule has 1 saturated heterocycles. The van der Waals surface area contributed by atoms with Gasteiger partial charge in [0.25, 0.3) is 0 Å². The lowest BCUT2D eigenvalue weighted by molar-refractivity contribution is 0.0304. The van der Waals surface area contributed by atoms with Crippen molar-refractivity contribution in [2.24, 2.45) is 5.41 Å². The van der Waals surface area contributed by atoms with Gasteiger partial charge in [0.1, 0.15) is 11.6 Å². The highest BCUT2D eigenvalue weighted by Gasteiger charge is 2.33. The highest BCUT2D eigenvalue weighted by Crippen LogP contribution is 2.34. The molecule has 1 aliphatic heterocycles. The summed E-state index contributed by atoms with van der Waals surface area (Å²) in [6, 6.07) is 4.82. The summed E-state index contributed by atoms with van der Waals surface area (Å²) >= 11 is 0. The van der Waals surface area contributed by atoms with E-state index in [4.69, 9.17) is 4.74 Å². The predicted molar refractivity (Wildman–Crippen MR) is 81.8 cm³/mol. The van der Waals surface area contributed by atoms with Crippen molar-refractivity contribution in [3.63, 3.8) is 0 Å². The van der Waals surface area contributed by atoms with Crippen LogP contribution in [0.3, 0.4) is 0 Å². The molecule has 0 saturated carbocycles. The zero-order valence-electron chi connectivity index (χ0n) is 12.6. The van der Waals surface area contributed by atoms with E-state index in [0.29, 0.717) is 17.9 Å². The van der Waals surface area contributed by atoms with Gasteiger partial charge in [-0.2, -0.15) is 0 Å². The number of rotatable bonds is 6. The highest BCUT2D eigenvalue weighted by atomic mass is 19.1. The molecule has 0 spiro atoms. The predicted octanol–water partition coefficient (Wildman–Crippen LogP) is 2.98. The van der Waals surface area contributed by atoms with E-state index in [2.05, 4.69) is 11.5 Å². The topological polar surface area (TPSA) is 32.7 Å². The standard InChI is InChI=1S/C17H24FNO2/c1-3-7-17(13-20)8-4-9-19(12-17)11-14-10-15(21-2)5-6-16(14)18/h3,5-6,10,20H,1,4,7-9,11-13H2,2H3/t17-/m0/s1. The number of hydrogen-bond acceptors (Lipinski definition) is 3. The Morgan fingerprint density at radius 2 is 2.33 bits per heavy atom. The Kier molecular flexibility index (Phi) is 5.37. The van der Waals surface area contributed by atoms with Crippen LogP contribution < -0.4 is 4.74 Å². The molecule has 2 rings (SSSR count). The Morgan fingerprint density at radius 1 is 1.52 bits per heavy atom. The number of benzene rings is 1. The van der Waals surface area contributed by atoms with Gasteiger partial charge in [0.05, 0.1) is 13.7 Å². The van der Waals surface area contributed by atoms with Crippen molar-refractivity contribution in [1.82, 2.24) is 4.90 Å². The lowest BCUT2D eigenvalue weighted by atomic mass is 9.77. The Balaban J connectivity index is 2.10. The summed E-state index contributed by atoms with van der Waals surface area (Å²) in [5.41, 5.74) is 0.511. The lowest BCUT2D eigenvalue weighted by Gasteiger charge is -2.41. The maximum atomic E-state index is 13.9. The molecule has 1 aromatic carbocycles. The third-order valence-electron chi connectivity index (χ3n) is 4.30. The zero-order chi connectivity index (χ0) is 15.3. The van der Waals surface area contributed by atoms with Gasteiger partial charge in [-0.15, -0.1) is 6.58 Å². The molecule has 1 aromatic rings. The molecule has 0 aromatic heterocycles. The average Bonchev–Trinajstić information content (AvgIpc) is 2.50. The third kappa shape index (κ3) is 3.83. The summed E-state index contributed by atoms with van der Waals surface area (Å²) in [4.78, 5) is 2.21. The second kappa shape index (κ2) is 7.05. The molecule has 1 N–H and O–H groups in total. The zero-order valence-corrected chi connectivity index (χ0v) is 12.6. The van der Waals surface area contributed by atoms with E-state index in [0.717, 1.165) is 32.4 Å². The van der Waals surface area contributed by atoms with Gasteiger partial charge in [-0.25, -0.2) is 4.39 Å². The molecule has 4 heteroatoms. The lowest BCUT2D eigenvalue weighted by Crippen LogP contribution is -2.44. The van der Waals surface area contributed by atoms with Gasteiger partial charge < -0.3 is 9.84 Å². The van der Waals surface area contributed by atoms with E-state index < -0.39 is 0 Å². The first-order valence-corrected chi connectivity index (χ1v) is 7.39. The Morgan fingerprint density at radius 3 is 3.00 bits per heavy atom. The van der Waals surface area contributed by atoms with E-state index in [1.165, 1.54) is 6.07 Å². The molecule has 0 aliphatic carbocycles. The molecule has 1 atom stereocenters. The number of hydrogen-bond donors (Lipinski definition) is 1. The first kappa shape index (κ1) is 16.0. The number of ether oxygens (including phenoxy) is 1. The molecule has 1 heterocycles. The van der Waals surface area contributed by atoms with E-state index in [9.17, 15) is 9.50 Å². The average molecular weight is 293 g/mol. The van der Waals surface area contributed by atoms with Crippen LogP contribution in [0.2, 0.25) is 0 Å². The SMILES string of the molecule is C=CC[C@]1(CO)CCCN(Cc2cc(OC)ccc2F)C1. The fraction of sp³-hybridized carbons (Fsp3) is 0.529. The fourth-order valence-electron chi connectivity index (χ4n) is 3.15. The van der Waals surface area contributed by atoms with Crippen LogP contribution in [0.5, 0.6) is 5.75 Å². The molecule has 0 radical (unpaired) electrons. The fourth-order valence-corrected chi connectivity index (χ4v) is 3.15. The molecular formula is C17H24FNO2. The summed E-state index contributed by atoms with van der Waals surface area (Å²) in [6.07, 6.45) is 4.67. The molecular weight excluding hydrogens is 269 g/mol. The van der Waals surface area contributed by atoms with Gasteiger partial charge in [-0.1, -0.05) is 6.08 Å². The van der Waals surface area contributed by atoms with Gasteiger partial charge in [0.2, 0.25) is 0 Å². The summed E-state index contributed by atoms with van der Waals surface area (Å²) in [6.45, 7) is 6.18. The Labute approximate surface area is 126 Å². The minimum Gasteiger partial charge on any atom is -0.497 e. The van der Waals surface area contributed by atoms with Crippen LogP contribution in [0.15, 0.2) is 30.9 Å². The van der Waals surface area contributed by atoms with Crippen LogP contribution >= 0.6 is 0 Å². The number of aliphatic hydroxyl groups is 1. The normalized spacial score (nSPS) is 23.0. The number of halogens is 1. The first-order valence-electron chi connectivity index (χ1n) is 7.39. The Bertz CT molecular complexity index is 492. The van der Waals surface area contributed by atoms with Gasteiger partial charge >= 0.3 is 0 Å². The van der Waals surface area contributed by atoms with Crippen LogP contribution in [0.1, 0.15) is 24.8 Å². The molecule has 21 heavy (non-hydrogen) atoms. The van der Waals surface area contributed by atoms with Crippen molar-refractivity contribution in [3.05, 3.63) is 42.2 Å². The van der Waals surface area contributed by atoms with Gasteiger partial charge in [-0.3, -0.25) is 4.90 Å². The maximum absolute atomic E-state index is 13.9. The number of allylic oxidation sites excluding steroid dienone is 1. The molecule has 3 nitrogen and oxygen atoms in total. The van der Waals surface area contributed by atoms with E-state index in [1.54, 1.807) is 19.2 Å². The van der Waals surface area contributed by atoms with Crippen LogP contribution in [0, 0.1) is 11.2 Å². The third-order valence-corrected chi connectivity index (χ3v) is 4.30. The molecule has 0 amide bonds. The summed E-state index contributed by atoms with van der Waals surface area (Å²) in [5.74, 6) is 0.461. The molecule has 0 unspecified atom stereocenters. The van der Waals surface area contributed by atoms with Crippen molar-refractivity contribution < 1.29 is 14.2 Å². The van der Waals surface area contributed by atoms with Gasteiger partial charge in [0.15, 0.2) is 0 Å². The quantitative estimate of drug-likeness (QED) is 0.819. The first-order chi connectivity index (χ1) is 10.1. The van der Waals surface area contributed by atoms with Crippen molar-refractivity contribution in [1.29, 1.82) is 0 Å². The second-order valence-electron chi connectivity index (χ2n) is 5.92. The van der Waals surface area contributed by atoms with E-state index in [1.807, 2.05) is 6.08 Å². The monoisotopic (exact) mass is 293 g/mol. The van der Waals surface area contributed by atoms with Crippen molar-refractivity contribution in [2.45, 2.75) is 25.8 Å². The second-order valence-corrected chi connectivity index (χ2v) is 5.92. The highest BCUT2D eigenvalue weighted by molar-refractivity contribution is 5.29. The van der Waals surface area contributed by atoms with Gasteiger partial charge in [0, 0.05) is 24.1 Å². The summed E-state index contributed by atoms with van der Waals surface area (Å²) in [5, 5.41) is 9.72. The van der Waals surface area contributed by atoms with Crippen molar-refractivity contribution in [3.8, 4) is 5.75 Å². The summed E-state index contributed by atoms with van der Waals surface area (Å²) in [7, 11) is 1.58. The molecule has 116 valence electrons. The minimum atomic E-state index is -0.209. The van der Waals surface area contributed by atoms with Crippen LogP contribution in [0.4, 0.5) is 4.39 Å². The minimum absolute atomic E-state index is 0.130. The van der Waals surface area contributed by atoms with Crippen molar-refractivity contribution >= 4 is 0 Å². The number of piperidine rings is 1. The van der Waals surface area contributed by atoms with Crippen LogP contribution in [-0.4, -0.2) is 36.8 Å². The van der Waals surface area contributed by atoms with Crippen LogP contribution in [0.25, 0.3) is 0 Å². The number of aliphatic hydroxyl groups excluding tert-OH is 1. The number of nitrogens with zero attached hydrogens (tertiary/aromatic N) is 1. The van der Waals surface area contributed by atoms with Gasteiger partial charge in [-0.05, 0) is 44.0 Å². The van der Waals surface area contributed by atoms with Crippen LogP contribution in [-0.2, 0) is 6.54 Å². The van der Waals surface area contributed by atoms with E-state index >= 15 is 0 Å². The maximum Gasteiger partial charge on any atom is 0.127 e. The number of likely N-dealkylation sites (tertiary alicyclic amines) is 1. The smallest absolute Gasteiger partial charge is 0.127 e. The molecule has 0 bridgehead atoms. The van der Waals surface area contributed by atoms with Crippen molar-refractivity contribution in [2.75, 3.05) is 26.8 Å². The molecule has 1 aliphatic rings.